The molecule has 0 rings (SSSR count). The van der Waals surface area contributed by atoms with E-state index in [0.717, 1.165) is 0 Å². The van der Waals surface area contributed by atoms with E-state index in [9.17, 15) is 53.1 Å². The minimum Gasteiger partial charge on any atom is -0.412 e. The van der Waals surface area contributed by atoms with Crippen molar-refractivity contribution in [3.05, 3.63) is 12.2 Å². The molecule has 0 saturated heterocycles. The van der Waals surface area contributed by atoms with Gasteiger partial charge in [-0.25, -0.2) is 4.79 Å². The van der Waals surface area contributed by atoms with Crippen LogP contribution in [0.2, 0.25) is 0 Å². The molecule has 158 valence electrons. The minimum atomic E-state index is -6.17. The van der Waals surface area contributed by atoms with Crippen molar-refractivity contribution in [2.45, 2.75) is 29.8 Å². The summed E-state index contributed by atoms with van der Waals surface area (Å²) in [5.74, 6) is -10.6. The maximum atomic E-state index is 13.0. The van der Waals surface area contributed by atoms with Crippen molar-refractivity contribution in [2.75, 3.05) is 6.61 Å². The number of ether oxygens (including phenoxy) is 2. The molecular weight excluding hydrogens is 430 g/mol. The molecule has 0 aliphatic heterocycles. The summed E-state index contributed by atoms with van der Waals surface area (Å²) in [5.41, 5.74) is 1.80. The summed E-state index contributed by atoms with van der Waals surface area (Å²) < 4.78 is 138. The molecule has 1 atom stereocenters. The van der Waals surface area contributed by atoms with Crippen LogP contribution in [-0.2, 0) is 29.2 Å². The van der Waals surface area contributed by atoms with Gasteiger partial charge < -0.3 is 15.2 Å². The first-order valence-corrected chi connectivity index (χ1v) is 7.48. The predicted molar refractivity (Wildman–Crippen MR) is 66.3 cm³/mol. The highest BCUT2D eigenvalue weighted by atomic mass is 32.2. The molecule has 0 aromatic carbocycles. The lowest BCUT2D eigenvalue weighted by molar-refractivity contribution is -0.347. The first kappa shape index (κ1) is 25.0. The van der Waals surface area contributed by atoms with Crippen molar-refractivity contribution in [1.29, 1.82) is 0 Å². The molecule has 27 heavy (non-hydrogen) atoms. The molecule has 0 aromatic rings. The monoisotopic (exact) mass is 439 g/mol. The molecule has 17 heteroatoms. The lowest BCUT2D eigenvalue weighted by atomic mass is 10.2. The van der Waals surface area contributed by atoms with Gasteiger partial charge in [0, 0.05) is 0 Å². The number of hydrogen-bond donors (Lipinski definition) is 2. The van der Waals surface area contributed by atoms with Gasteiger partial charge in [0.2, 0.25) is 0 Å². The van der Waals surface area contributed by atoms with Crippen LogP contribution in [0.1, 0.15) is 6.42 Å². The zero-order valence-corrected chi connectivity index (χ0v) is 13.3. The summed E-state index contributed by atoms with van der Waals surface area (Å²) in [6.07, 6.45) is -14.0. The summed E-state index contributed by atoms with van der Waals surface area (Å²) in [5, 5.41) is -5.07. The van der Waals surface area contributed by atoms with Crippen LogP contribution < -0.4 is 5.73 Å². The van der Waals surface area contributed by atoms with Crippen molar-refractivity contribution in [3.63, 3.8) is 0 Å². The first-order chi connectivity index (χ1) is 11.7. The van der Waals surface area contributed by atoms with Gasteiger partial charge in [0.05, 0.1) is 13.0 Å². The molecular formula is C10H9F8NO7S. The Labute approximate surface area is 144 Å². The van der Waals surface area contributed by atoms with Gasteiger partial charge in [-0.1, -0.05) is 6.58 Å². The van der Waals surface area contributed by atoms with E-state index in [-0.39, 0.29) is 0 Å². The third kappa shape index (κ3) is 5.73. The average Bonchev–Trinajstić information content (AvgIpc) is 2.41. The summed E-state index contributed by atoms with van der Waals surface area (Å²) in [7, 11) is -6.11. The lowest BCUT2D eigenvalue weighted by Crippen LogP contribution is -2.60. The predicted octanol–water partition coefficient (Wildman–Crippen LogP) is 1.28. The van der Waals surface area contributed by atoms with E-state index < -0.39 is 64.0 Å². The molecule has 0 aliphatic rings. The molecule has 8 nitrogen and oxygen atoms in total. The highest BCUT2D eigenvalue weighted by Crippen LogP contribution is 2.38. The summed E-state index contributed by atoms with van der Waals surface area (Å²) in [4.78, 5) is 22.2. The van der Waals surface area contributed by atoms with E-state index in [1.54, 1.807) is 0 Å². The molecule has 3 N–H and O–H groups in total. The average molecular weight is 439 g/mol. The van der Waals surface area contributed by atoms with Crippen LogP contribution in [0.15, 0.2) is 12.2 Å². The second-order valence-electron chi connectivity index (χ2n) is 4.56. The number of amides is 1. The second-order valence-corrected chi connectivity index (χ2v) is 6.10. The smallest absolute Gasteiger partial charge is 0.412 e. The Balaban J connectivity index is 5.76. The summed E-state index contributed by atoms with van der Waals surface area (Å²) in [6.45, 7) is 0.0418. The zero-order valence-electron chi connectivity index (χ0n) is 12.5. The molecule has 0 aromatic heterocycles. The van der Waals surface area contributed by atoms with Crippen LogP contribution in [0, 0.1) is 0 Å². The molecule has 1 unspecified atom stereocenters. The molecule has 1 amide bonds. The fraction of sp³-hybridized carbons (Fsp3) is 0.600. The fourth-order valence-corrected chi connectivity index (χ4v) is 1.52. The van der Waals surface area contributed by atoms with E-state index in [1.165, 1.54) is 0 Å². The maximum absolute atomic E-state index is 13.0. The van der Waals surface area contributed by atoms with E-state index in [4.69, 9.17) is 4.55 Å². The molecule has 0 heterocycles. The molecule has 0 radical (unpaired) electrons. The normalized spacial score (nSPS) is 15.7. The molecule has 0 fully saturated rings. The number of carbonyl (C=O) groups is 2. The number of primary amides is 1. The Morgan fingerprint density at radius 3 is 1.78 bits per heavy atom. The summed E-state index contributed by atoms with van der Waals surface area (Å²) in [6, 6.07) is 0. The van der Waals surface area contributed by atoms with Crippen LogP contribution in [0.4, 0.5) is 35.1 Å². The SMILES string of the molecule is C=C(C(=O)OC(OCCC(F)(F)S(=O)(=O)O)(C(N)=O)C(F)(F)F)C(F)(F)F. The second kappa shape index (κ2) is 7.55. The highest BCUT2D eigenvalue weighted by molar-refractivity contribution is 7.86. The van der Waals surface area contributed by atoms with Gasteiger partial charge in [0.15, 0.2) is 0 Å². The number of carbonyl (C=O) groups excluding carboxylic acids is 2. The van der Waals surface area contributed by atoms with Crippen LogP contribution in [0.3, 0.4) is 0 Å². The highest BCUT2D eigenvalue weighted by Gasteiger charge is 2.66. The third-order valence-electron chi connectivity index (χ3n) is 2.60. The molecule has 0 saturated carbocycles. The van der Waals surface area contributed by atoms with Crippen LogP contribution in [0.5, 0.6) is 0 Å². The van der Waals surface area contributed by atoms with E-state index in [0.29, 0.717) is 0 Å². The van der Waals surface area contributed by atoms with Crippen molar-refractivity contribution in [2.24, 2.45) is 5.73 Å². The Bertz CT molecular complexity index is 714. The minimum absolute atomic E-state index is 2.05. The zero-order chi connectivity index (χ0) is 22.1. The molecule has 0 bridgehead atoms. The topological polar surface area (TPSA) is 133 Å². The fourth-order valence-electron chi connectivity index (χ4n) is 1.18. The molecule has 0 spiro atoms. The van der Waals surface area contributed by atoms with Gasteiger partial charge in [-0.2, -0.15) is 43.5 Å². The van der Waals surface area contributed by atoms with E-state index in [1.807, 2.05) is 0 Å². The van der Waals surface area contributed by atoms with Crippen LogP contribution >= 0.6 is 0 Å². The van der Waals surface area contributed by atoms with E-state index >= 15 is 0 Å². The van der Waals surface area contributed by atoms with Crippen LogP contribution in [0.25, 0.3) is 0 Å². The number of esters is 1. The Hall–Kier alpha value is -2.01. The number of halogens is 8. The number of hydrogen-bond acceptors (Lipinski definition) is 6. The number of nitrogens with two attached hydrogens (primary N) is 1. The Morgan fingerprint density at radius 1 is 1.04 bits per heavy atom. The number of rotatable bonds is 8. The van der Waals surface area contributed by atoms with Gasteiger partial charge in [0.25, 0.3) is 0 Å². The third-order valence-corrected chi connectivity index (χ3v) is 3.56. The van der Waals surface area contributed by atoms with Crippen molar-refractivity contribution in [1.82, 2.24) is 0 Å². The standard InChI is InChI=1S/C10H9F8NO7S/c1-4(9(13,14)15)5(20)26-8(6(19)21,10(16,17)18)25-3-2-7(11,12)27(22,23)24/h1-3H2,(H2,19,21)(H,22,23,24). The van der Waals surface area contributed by atoms with Gasteiger partial charge in [-0.15, -0.1) is 0 Å². The molecule has 0 aliphatic carbocycles. The quantitative estimate of drug-likeness (QED) is 0.191. The van der Waals surface area contributed by atoms with Gasteiger partial charge in [0.1, 0.15) is 5.57 Å². The Kier molecular flexibility index (Phi) is 6.98. The lowest BCUT2D eigenvalue weighted by Gasteiger charge is -2.32. The maximum Gasteiger partial charge on any atom is 0.466 e. The van der Waals surface area contributed by atoms with Gasteiger partial charge >= 0.3 is 45.4 Å². The van der Waals surface area contributed by atoms with Gasteiger partial charge in [-0.3, -0.25) is 9.35 Å². The summed E-state index contributed by atoms with van der Waals surface area (Å²) >= 11 is 0. The van der Waals surface area contributed by atoms with Crippen molar-refractivity contribution < 1.29 is 67.2 Å². The Morgan fingerprint density at radius 2 is 1.48 bits per heavy atom. The largest absolute Gasteiger partial charge is 0.466 e. The van der Waals surface area contributed by atoms with Crippen molar-refractivity contribution in [3.8, 4) is 0 Å². The first-order valence-electron chi connectivity index (χ1n) is 6.04. The van der Waals surface area contributed by atoms with Gasteiger partial charge in [-0.05, 0) is 0 Å². The van der Waals surface area contributed by atoms with E-state index in [2.05, 4.69) is 21.8 Å². The van der Waals surface area contributed by atoms with Crippen LogP contribution in [-0.4, -0.2) is 54.8 Å². The van der Waals surface area contributed by atoms with Crippen molar-refractivity contribution >= 4 is 22.0 Å². The number of alkyl halides is 8.